The normalized spacial score (nSPS) is 20.7. The second-order valence-electron chi connectivity index (χ2n) is 9.76. The summed E-state index contributed by atoms with van der Waals surface area (Å²) in [6.45, 7) is 1.64. The molecule has 2 aromatic carbocycles. The minimum absolute atomic E-state index is 0.0191. The van der Waals surface area contributed by atoms with Crippen LogP contribution in [0.1, 0.15) is 38.0 Å². The van der Waals surface area contributed by atoms with E-state index in [1.54, 1.807) is 0 Å². The molecule has 0 aliphatic carbocycles. The van der Waals surface area contributed by atoms with Gasteiger partial charge in [-0.05, 0) is 31.0 Å². The maximum absolute atomic E-state index is 12.5. The van der Waals surface area contributed by atoms with Crippen LogP contribution in [0.4, 0.5) is 11.8 Å². The summed E-state index contributed by atoms with van der Waals surface area (Å²) in [4.78, 5) is 26.4. The SMILES string of the molecule is [2H]CCNC(=O)[C@H]1OC(n2cnc3c(NCC(c4ccccc4)c4ccccc4)nc(NCCCN)nc32)[C@H](O)[C@@H]1O. The van der Waals surface area contributed by atoms with Gasteiger partial charge in [0.05, 0.1) is 6.33 Å². The van der Waals surface area contributed by atoms with Crippen molar-refractivity contribution in [3.05, 3.63) is 78.1 Å². The Kier molecular flexibility index (Phi) is 8.62. The zero-order valence-corrected chi connectivity index (χ0v) is 22.6. The molecule has 7 N–H and O–H groups in total. The molecule has 4 atom stereocenters. The molecular formula is C29H36N8O4. The molecule has 3 heterocycles. The van der Waals surface area contributed by atoms with Gasteiger partial charge in [0.1, 0.15) is 12.2 Å². The van der Waals surface area contributed by atoms with Crippen molar-refractivity contribution >= 4 is 28.8 Å². The Morgan fingerprint density at radius 2 is 1.78 bits per heavy atom. The number of aliphatic hydroxyl groups excluding tert-OH is 2. The van der Waals surface area contributed by atoms with Crippen LogP contribution in [0.5, 0.6) is 0 Å². The average molecular weight is 562 g/mol. The highest BCUT2D eigenvalue weighted by molar-refractivity contribution is 5.85. The number of anilines is 2. The van der Waals surface area contributed by atoms with E-state index in [0.29, 0.717) is 49.0 Å². The molecule has 0 spiro atoms. The second kappa shape index (κ2) is 13.0. The first-order chi connectivity index (χ1) is 20.5. The Hall–Kier alpha value is -4.10. The number of carbonyl (C=O) groups excluding carboxylic acids is 1. The zero-order valence-electron chi connectivity index (χ0n) is 23.6. The molecule has 2 aromatic heterocycles. The number of rotatable bonds is 12. The minimum atomic E-state index is -1.47. The lowest BCUT2D eigenvalue weighted by molar-refractivity contribution is -0.137. The molecule has 1 aliphatic heterocycles. The number of ether oxygens (including phenoxy) is 1. The first-order valence-corrected chi connectivity index (χ1v) is 13.6. The molecule has 12 nitrogen and oxygen atoms in total. The summed E-state index contributed by atoms with van der Waals surface area (Å²) in [5.74, 6) is 0.221. The third-order valence-electron chi connectivity index (χ3n) is 7.03. The van der Waals surface area contributed by atoms with Crippen molar-refractivity contribution in [1.29, 1.82) is 0 Å². The Morgan fingerprint density at radius 3 is 2.44 bits per heavy atom. The van der Waals surface area contributed by atoms with Gasteiger partial charge in [0.2, 0.25) is 5.95 Å². The third-order valence-corrected chi connectivity index (χ3v) is 7.03. The topological polar surface area (TPSA) is 172 Å². The molecule has 0 radical (unpaired) electrons. The lowest BCUT2D eigenvalue weighted by Crippen LogP contribution is -2.42. The summed E-state index contributed by atoms with van der Waals surface area (Å²) >= 11 is 0. The summed E-state index contributed by atoms with van der Waals surface area (Å²) in [5, 5.41) is 30.6. The number of nitrogens with one attached hydrogen (secondary N) is 3. The summed E-state index contributed by atoms with van der Waals surface area (Å²) in [7, 11) is 0. The maximum Gasteiger partial charge on any atom is 0.252 e. The number of aromatic nitrogens is 4. The number of benzene rings is 2. The maximum atomic E-state index is 12.5. The lowest BCUT2D eigenvalue weighted by atomic mass is 9.91. The van der Waals surface area contributed by atoms with E-state index in [4.69, 9.17) is 16.8 Å². The molecule has 5 rings (SSSR count). The van der Waals surface area contributed by atoms with Crippen molar-refractivity contribution in [2.24, 2.45) is 5.73 Å². The van der Waals surface area contributed by atoms with Crippen LogP contribution < -0.4 is 21.7 Å². The molecule has 1 aliphatic rings. The number of nitrogens with zero attached hydrogens (tertiary/aromatic N) is 4. The Balaban J connectivity index is 1.47. The Bertz CT molecular complexity index is 1420. The van der Waals surface area contributed by atoms with Gasteiger partial charge in [-0.15, -0.1) is 0 Å². The molecule has 41 heavy (non-hydrogen) atoms. The molecule has 1 amide bonds. The van der Waals surface area contributed by atoms with Crippen LogP contribution in [0.25, 0.3) is 11.2 Å². The molecule has 0 saturated carbocycles. The number of fused-ring (bicyclic) bond motifs is 1. The number of hydrogen-bond acceptors (Lipinski definition) is 10. The zero-order chi connectivity index (χ0) is 29.5. The van der Waals surface area contributed by atoms with Crippen LogP contribution in [-0.4, -0.2) is 80.1 Å². The standard InChI is InChI=1S/C29H36N8O4/c1-2-31-27(40)24-22(38)23(39)28(41-24)37-17-34-21-25(35-29(36-26(21)37)32-15-9-14-30)33-16-20(18-10-5-3-6-11-18)19-12-7-4-8-13-19/h3-8,10-13,17,20,22-24,28,38-39H,2,9,14-16,30H2,1H3,(H,31,40)(H2,32,33,35,36)/t22-,23+,24-,28?/m0/s1/i1D. The van der Waals surface area contributed by atoms with Gasteiger partial charge in [0.15, 0.2) is 29.3 Å². The van der Waals surface area contributed by atoms with E-state index in [1.807, 2.05) is 36.4 Å². The summed E-state index contributed by atoms with van der Waals surface area (Å²) in [5.41, 5.74) is 8.74. The molecule has 1 unspecified atom stereocenters. The molecule has 4 aromatic rings. The van der Waals surface area contributed by atoms with Gasteiger partial charge in [-0.2, -0.15) is 9.97 Å². The number of hydrogen-bond donors (Lipinski definition) is 6. The predicted molar refractivity (Wildman–Crippen MR) is 155 cm³/mol. The highest BCUT2D eigenvalue weighted by Crippen LogP contribution is 2.33. The summed E-state index contributed by atoms with van der Waals surface area (Å²) in [6, 6.07) is 20.4. The van der Waals surface area contributed by atoms with Crippen molar-refractivity contribution in [3.8, 4) is 0 Å². The van der Waals surface area contributed by atoms with Crippen LogP contribution in [0.15, 0.2) is 67.0 Å². The minimum Gasteiger partial charge on any atom is -0.387 e. The molecule has 1 fully saturated rings. The van der Waals surface area contributed by atoms with E-state index < -0.39 is 30.4 Å². The fourth-order valence-electron chi connectivity index (χ4n) is 4.93. The van der Waals surface area contributed by atoms with Gasteiger partial charge in [0, 0.05) is 26.9 Å². The van der Waals surface area contributed by atoms with E-state index in [2.05, 4.69) is 50.2 Å². The number of imidazole rings is 1. The Labute approximate surface area is 239 Å². The van der Waals surface area contributed by atoms with E-state index in [0.717, 1.165) is 11.1 Å². The van der Waals surface area contributed by atoms with E-state index in [9.17, 15) is 15.0 Å². The lowest BCUT2D eigenvalue weighted by Gasteiger charge is -2.20. The van der Waals surface area contributed by atoms with Crippen LogP contribution in [0, 0.1) is 0 Å². The van der Waals surface area contributed by atoms with Crippen molar-refractivity contribution in [2.75, 3.05) is 36.8 Å². The Morgan fingerprint density at radius 1 is 1.07 bits per heavy atom. The van der Waals surface area contributed by atoms with Crippen molar-refractivity contribution in [3.63, 3.8) is 0 Å². The van der Waals surface area contributed by atoms with Gasteiger partial charge in [-0.3, -0.25) is 9.36 Å². The number of nitrogens with two attached hydrogens (primary N) is 1. The van der Waals surface area contributed by atoms with E-state index >= 15 is 0 Å². The monoisotopic (exact) mass is 561 g/mol. The van der Waals surface area contributed by atoms with E-state index in [-0.39, 0.29) is 19.4 Å². The van der Waals surface area contributed by atoms with Crippen LogP contribution in [-0.2, 0) is 9.53 Å². The summed E-state index contributed by atoms with van der Waals surface area (Å²) in [6.07, 6.45) is -3.18. The first kappa shape index (κ1) is 27.1. The van der Waals surface area contributed by atoms with E-state index in [1.165, 1.54) is 10.9 Å². The van der Waals surface area contributed by atoms with Crippen LogP contribution >= 0.6 is 0 Å². The molecule has 0 bridgehead atoms. The van der Waals surface area contributed by atoms with Crippen molar-refractivity contribution in [1.82, 2.24) is 24.8 Å². The number of amides is 1. The number of aliphatic hydroxyl groups is 2. The quantitative estimate of drug-likeness (QED) is 0.140. The predicted octanol–water partition coefficient (Wildman–Crippen LogP) is 1.59. The van der Waals surface area contributed by atoms with Gasteiger partial charge < -0.3 is 36.6 Å². The first-order valence-electron chi connectivity index (χ1n) is 14.3. The average Bonchev–Trinajstić information content (AvgIpc) is 3.57. The second-order valence-corrected chi connectivity index (χ2v) is 9.76. The molecule has 216 valence electrons. The molecule has 12 heteroatoms. The van der Waals surface area contributed by atoms with Gasteiger partial charge in [-0.1, -0.05) is 60.7 Å². The third kappa shape index (κ3) is 6.15. The highest BCUT2D eigenvalue weighted by Gasteiger charge is 2.47. The van der Waals surface area contributed by atoms with Crippen molar-refractivity contribution in [2.45, 2.75) is 43.8 Å². The van der Waals surface area contributed by atoms with Crippen LogP contribution in [0.2, 0.25) is 0 Å². The molecular weight excluding hydrogens is 524 g/mol. The number of carbonyl (C=O) groups is 1. The fraction of sp³-hybridized carbons (Fsp3) is 0.379. The number of likely N-dealkylation sites (N-methyl/N-ethyl adjacent to an activating group) is 1. The highest BCUT2D eigenvalue weighted by atomic mass is 16.6. The smallest absolute Gasteiger partial charge is 0.252 e. The fourth-order valence-corrected chi connectivity index (χ4v) is 4.93. The van der Waals surface area contributed by atoms with Crippen LogP contribution in [0.3, 0.4) is 0 Å². The summed E-state index contributed by atoms with van der Waals surface area (Å²) < 4.78 is 14.6. The van der Waals surface area contributed by atoms with Gasteiger partial charge in [-0.25, -0.2) is 4.98 Å². The van der Waals surface area contributed by atoms with Crippen molar-refractivity contribution < 1.29 is 21.1 Å². The molecule has 1 saturated heterocycles. The largest absolute Gasteiger partial charge is 0.387 e. The van der Waals surface area contributed by atoms with Gasteiger partial charge in [0.25, 0.3) is 5.91 Å². The van der Waals surface area contributed by atoms with Gasteiger partial charge >= 0.3 is 0 Å².